The van der Waals surface area contributed by atoms with Crippen LogP contribution in [0.2, 0.25) is 0 Å². The highest BCUT2D eigenvalue weighted by Crippen LogP contribution is 2.60. The van der Waals surface area contributed by atoms with Gasteiger partial charge in [-0.1, -0.05) is 0 Å². The maximum absolute atomic E-state index is 12.4. The summed E-state index contributed by atoms with van der Waals surface area (Å²) in [7, 11) is 1.11. The fraction of sp³-hybridized carbons (Fsp3) is 0.875. The molecule has 1 unspecified atom stereocenters. The van der Waals surface area contributed by atoms with E-state index in [1.165, 1.54) is 0 Å². The lowest BCUT2D eigenvalue weighted by molar-refractivity contribution is -0.191. The van der Waals surface area contributed by atoms with Gasteiger partial charge in [0.1, 0.15) is 6.04 Å². The average Bonchev–Trinajstić information content (AvgIpc) is 2.82. The zero-order chi connectivity index (χ0) is 11.0. The number of hydrogen-bond donors (Lipinski definition) is 1. The van der Waals surface area contributed by atoms with Crippen LogP contribution in [0.15, 0.2) is 0 Å². The second-order valence-corrected chi connectivity index (χ2v) is 3.61. The summed E-state index contributed by atoms with van der Waals surface area (Å²) in [6.07, 6.45) is -4.52. The second kappa shape index (κ2) is 3.42. The van der Waals surface area contributed by atoms with Gasteiger partial charge in [0.2, 0.25) is 0 Å². The molecule has 0 aliphatic heterocycles. The zero-order valence-corrected chi connectivity index (χ0v) is 7.73. The zero-order valence-electron chi connectivity index (χ0n) is 7.73. The first kappa shape index (κ1) is 11.3. The van der Waals surface area contributed by atoms with Crippen molar-refractivity contribution in [2.45, 2.75) is 31.5 Å². The smallest absolute Gasteiger partial charge is 0.394 e. The maximum Gasteiger partial charge on any atom is 0.394 e. The summed E-state index contributed by atoms with van der Waals surface area (Å²) in [6.45, 7) is 0. The lowest BCUT2D eigenvalue weighted by Crippen LogP contribution is -2.38. The monoisotopic (exact) mass is 211 g/mol. The lowest BCUT2D eigenvalue weighted by Gasteiger charge is -2.21. The summed E-state index contributed by atoms with van der Waals surface area (Å²) in [5.41, 5.74) is 3.54. The van der Waals surface area contributed by atoms with Gasteiger partial charge in [0.15, 0.2) is 0 Å². The quantitative estimate of drug-likeness (QED) is 0.714. The molecule has 1 atom stereocenters. The van der Waals surface area contributed by atoms with Crippen molar-refractivity contribution < 1.29 is 22.7 Å². The predicted molar refractivity (Wildman–Crippen MR) is 42.3 cm³/mol. The van der Waals surface area contributed by atoms with Gasteiger partial charge in [0.05, 0.1) is 12.5 Å². The molecule has 0 amide bonds. The van der Waals surface area contributed by atoms with E-state index in [1.54, 1.807) is 0 Å². The Labute approximate surface area is 79.4 Å². The van der Waals surface area contributed by atoms with Crippen LogP contribution < -0.4 is 5.73 Å². The maximum atomic E-state index is 12.4. The minimum atomic E-state index is -4.27. The van der Waals surface area contributed by atoms with Crippen molar-refractivity contribution in [2.24, 2.45) is 11.1 Å². The Morgan fingerprint density at radius 3 is 2.36 bits per heavy atom. The van der Waals surface area contributed by atoms with Gasteiger partial charge in [-0.05, 0) is 19.3 Å². The summed E-state index contributed by atoms with van der Waals surface area (Å²) in [4.78, 5) is 10.8. The van der Waals surface area contributed by atoms with Crippen LogP contribution in [-0.2, 0) is 9.53 Å². The number of halogens is 3. The third kappa shape index (κ3) is 2.00. The Hall–Kier alpha value is -0.780. The molecule has 1 rings (SSSR count). The Balaban J connectivity index is 2.57. The van der Waals surface area contributed by atoms with Crippen LogP contribution in [0, 0.1) is 5.41 Å². The highest BCUT2D eigenvalue weighted by molar-refractivity contribution is 5.75. The number of hydrogen-bond acceptors (Lipinski definition) is 3. The second-order valence-electron chi connectivity index (χ2n) is 3.61. The van der Waals surface area contributed by atoms with Crippen molar-refractivity contribution in [3.63, 3.8) is 0 Å². The molecule has 1 fully saturated rings. The first-order valence-electron chi connectivity index (χ1n) is 4.22. The normalized spacial score (nSPS) is 21.5. The van der Waals surface area contributed by atoms with E-state index in [1.807, 2.05) is 0 Å². The molecule has 0 radical (unpaired) electrons. The van der Waals surface area contributed by atoms with Crippen molar-refractivity contribution >= 4 is 5.97 Å². The lowest BCUT2D eigenvalue weighted by atomic mass is 9.97. The number of rotatable bonds is 3. The summed E-state index contributed by atoms with van der Waals surface area (Å²) >= 11 is 0. The highest BCUT2D eigenvalue weighted by Gasteiger charge is 2.63. The number of carbonyl (C=O) groups excluding carboxylic acids is 1. The first-order chi connectivity index (χ1) is 6.32. The third-order valence-corrected chi connectivity index (χ3v) is 2.57. The number of nitrogens with two attached hydrogens (primary N) is 1. The minimum absolute atomic E-state index is 0.0567. The largest absolute Gasteiger partial charge is 0.468 e. The van der Waals surface area contributed by atoms with Crippen molar-refractivity contribution in [3.05, 3.63) is 0 Å². The molecule has 0 saturated heterocycles. The van der Waals surface area contributed by atoms with Crippen molar-refractivity contribution in [1.29, 1.82) is 0 Å². The predicted octanol–water partition coefficient (Wildman–Crippen LogP) is 1.22. The van der Waals surface area contributed by atoms with E-state index in [9.17, 15) is 18.0 Å². The van der Waals surface area contributed by atoms with Crippen molar-refractivity contribution in [3.8, 4) is 0 Å². The molecule has 0 bridgehead atoms. The van der Waals surface area contributed by atoms with Crippen LogP contribution in [0.25, 0.3) is 0 Å². The van der Waals surface area contributed by atoms with Gasteiger partial charge < -0.3 is 10.5 Å². The summed E-state index contributed by atoms with van der Waals surface area (Å²) < 4.78 is 41.5. The van der Waals surface area contributed by atoms with E-state index >= 15 is 0 Å². The summed E-state index contributed by atoms with van der Waals surface area (Å²) in [5.74, 6) is -0.791. The van der Waals surface area contributed by atoms with Crippen LogP contribution >= 0.6 is 0 Å². The minimum Gasteiger partial charge on any atom is -0.468 e. The molecule has 1 saturated carbocycles. The molecule has 0 spiro atoms. The van der Waals surface area contributed by atoms with Gasteiger partial charge >= 0.3 is 12.1 Å². The van der Waals surface area contributed by atoms with Gasteiger partial charge in [0.25, 0.3) is 0 Å². The van der Waals surface area contributed by atoms with Crippen LogP contribution in [0.3, 0.4) is 0 Å². The molecular formula is C8H12F3NO2. The number of methoxy groups -OCH3 is 1. The van der Waals surface area contributed by atoms with Crippen LogP contribution in [0.4, 0.5) is 13.2 Å². The molecule has 82 valence electrons. The highest BCUT2D eigenvalue weighted by atomic mass is 19.4. The molecule has 0 heterocycles. The molecule has 0 aromatic carbocycles. The number of ether oxygens (including phenoxy) is 1. The van der Waals surface area contributed by atoms with Gasteiger partial charge in [0, 0.05) is 0 Å². The molecule has 0 aromatic rings. The van der Waals surface area contributed by atoms with E-state index in [2.05, 4.69) is 4.74 Å². The average molecular weight is 211 g/mol. The Kier molecular flexibility index (Phi) is 2.76. The van der Waals surface area contributed by atoms with Gasteiger partial charge in [-0.25, -0.2) is 0 Å². The Morgan fingerprint density at radius 2 is 2.07 bits per heavy atom. The van der Waals surface area contributed by atoms with E-state index in [4.69, 9.17) is 5.73 Å². The van der Waals surface area contributed by atoms with Crippen molar-refractivity contribution in [2.75, 3.05) is 7.11 Å². The number of esters is 1. The molecule has 2 N–H and O–H groups in total. The SMILES string of the molecule is COC(=O)C(N)CC1(C(F)(F)F)CC1. The molecule has 1 aliphatic carbocycles. The fourth-order valence-corrected chi connectivity index (χ4v) is 1.41. The van der Waals surface area contributed by atoms with Crippen LogP contribution in [0.1, 0.15) is 19.3 Å². The van der Waals surface area contributed by atoms with Gasteiger partial charge in [-0.3, -0.25) is 4.79 Å². The fourth-order valence-electron chi connectivity index (χ4n) is 1.41. The van der Waals surface area contributed by atoms with Crippen LogP contribution in [0.5, 0.6) is 0 Å². The topological polar surface area (TPSA) is 52.3 Å². The first-order valence-corrected chi connectivity index (χ1v) is 4.22. The molecule has 0 aromatic heterocycles. The standard InChI is InChI=1S/C8H12F3NO2/c1-14-6(13)5(12)4-7(2-3-7)8(9,10)11/h5H,2-4,12H2,1H3. The number of alkyl halides is 3. The van der Waals surface area contributed by atoms with E-state index in [0.29, 0.717) is 0 Å². The molecule has 6 heteroatoms. The number of carbonyl (C=O) groups is 1. The molecule has 3 nitrogen and oxygen atoms in total. The molecule has 14 heavy (non-hydrogen) atoms. The Morgan fingerprint density at radius 1 is 1.57 bits per heavy atom. The van der Waals surface area contributed by atoms with Gasteiger partial charge in [-0.15, -0.1) is 0 Å². The van der Waals surface area contributed by atoms with E-state index < -0.39 is 23.6 Å². The molecule has 1 aliphatic rings. The van der Waals surface area contributed by atoms with E-state index in [0.717, 1.165) is 7.11 Å². The van der Waals surface area contributed by atoms with E-state index in [-0.39, 0.29) is 19.3 Å². The van der Waals surface area contributed by atoms with Gasteiger partial charge in [-0.2, -0.15) is 13.2 Å². The summed E-state index contributed by atoms with van der Waals surface area (Å²) in [6, 6.07) is -1.18. The van der Waals surface area contributed by atoms with Crippen molar-refractivity contribution in [1.82, 2.24) is 0 Å². The molecular weight excluding hydrogens is 199 g/mol. The Bertz CT molecular complexity index is 235. The third-order valence-electron chi connectivity index (χ3n) is 2.57. The summed E-state index contributed by atoms with van der Waals surface area (Å²) in [5, 5.41) is 0. The van der Waals surface area contributed by atoms with Crippen LogP contribution in [-0.4, -0.2) is 25.3 Å².